The fourth-order valence-electron chi connectivity index (χ4n) is 2.77. The molecule has 0 radical (unpaired) electrons. The van der Waals surface area contributed by atoms with Crippen LogP contribution in [0.3, 0.4) is 0 Å². The van der Waals surface area contributed by atoms with Gasteiger partial charge in [0.15, 0.2) is 11.9 Å². The number of likely N-dealkylation sites (N-methyl/N-ethyl adjacent to an activating group) is 3. The van der Waals surface area contributed by atoms with E-state index in [1.165, 1.54) is 25.9 Å². The van der Waals surface area contributed by atoms with Gasteiger partial charge in [0.2, 0.25) is 11.8 Å². The number of nitrogens with zero attached hydrogens (tertiary/aromatic N) is 1. The highest BCUT2D eigenvalue weighted by atomic mass is 16.2. The molecule has 9 nitrogen and oxygen atoms in total. The summed E-state index contributed by atoms with van der Waals surface area (Å²) in [7, 11) is 4.65. The smallest absolute Gasteiger partial charge is 0.319 e. The van der Waals surface area contributed by atoms with Crippen molar-refractivity contribution in [2.45, 2.75) is 65.2 Å². The molecule has 9 heteroatoms. The summed E-state index contributed by atoms with van der Waals surface area (Å²) in [6, 6.07) is -1.81. The van der Waals surface area contributed by atoms with Crippen LogP contribution in [0.25, 0.3) is 0 Å². The molecule has 0 aromatic carbocycles. The molecule has 28 heavy (non-hydrogen) atoms. The maximum Gasteiger partial charge on any atom is 0.319 e. The number of carbonyl (C=O) groups is 4. The fourth-order valence-corrected chi connectivity index (χ4v) is 2.77. The van der Waals surface area contributed by atoms with Gasteiger partial charge in [-0.15, -0.1) is 0 Å². The molecule has 0 fully saturated rings. The zero-order valence-electron chi connectivity index (χ0n) is 18.4. The van der Waals surface area contributed by atoms with Crippen LogP contribution in [0.2, 0.25) is 0 Å². The van der Waals surface area contributed by atoms with Crippen molar-refractivity contribution in [2.75, 3.05) is 21.1 Å². The summed E-state index contributed by atoms with van der Waals surface area (Å²) in [6.07, 6.45) is 1.51. The van der Waals surface area contributed by atoms with Crippen LogP contribution < -0.4 is 21.3 Å². The van der Waals surface area contributed by atoms with E-state index >= 15 is 0 Å². The molecule has 4 amide bonds. The van der Waals surface area contributed by atoms with Crippen molar-refractivity contribution in [3.05, 3.63) is 0 Å². The zero-order valence-corrected chi connectivity index (χ0v) is 18.4. The molecule has 0 aliphatic rings. The largest absolute Gasteiger partial charge is 0.357 e. The highest BCUT2D eigenvalue weighted by Gasteiger charge is 2.34. The van der Waals surface area contributed by atoms with Gasteiger partial charge in [-0.25, -0.2) is 4.79 Å². The summed E-state index contributed by atoms with van der Waals surface area (Å²) in [4.78, 5) is 50.2. The molecule has 0 aliphatic heterocycles. The van der Waals surface area contributed by atoms with Crippen LogP contribution in [-0.4, -0.2) is 67.9 Å². The molecule has 3 unspecified atom stereocenters. The van der Waals surface area contributed by atoms with Gasteiger partial charge < -0.3 is 26.2 Å². The van der Waals surface area contributed by atoms with Gasteiger partial charge in [-0.3, -0.25) is 14.4 Å². The minimum atomic E-state index is -1.60. The molecule has 4 N–H and O–H groups in total. The zero-order chi connectivity index (χ0) is 22.1. The van der Waals surface area contributed by atoms with Crippen molar-refractivity contribution in [1.82, 2.24) is 26.2 Å². The lowest BCUT2D eigenvalue weighted by atomic mass is 10.0. The second-order valence-corrected chi connectivity index (χ2v) is 8.08. The highest BCUT2D eigenvalue weighted by molar-refractivity contribution is 5.90. The average molecular weight is 400 g/mol. The van der Waals surface area contributed by atoms with Gasteiger partial charge in [-0.05, 0) is 38.6 Å². The number of amides is 4. The van der Waals surface area contributed by atoms with Crippen molar-refractivity contribution < 1.29 is 19.2 Å². The number of aldehydes is 1. The lowest BCUT2D eigenvalue weighted by Crippen LogP contribution is -2.65. The van der Waals surface area contributed by atoms with E-state index in [-0.39, 0.29) is 17.7 Å². The Balaban J connectivity index is 5.27. The van der Waals surface area contributed by atoms with E-state index < -0.39 is 29.7 Å². The van der Waals surface area contributed by atoms with E-state index in [1.54, 1.807) is 7.05 Å². The number of hydrogen-bond acceptors (Lipinski definition) is 5. The van der Waals surface area contributed by atoms with Crippen LogP contribution in [-0.2, 0) is 14.4 Å². The van der Waals surface area contributed by atoms with Crippen molar-refractivity contribution in [2.24, 2.45) is 11.8 Å². The van der Waals surface area contributed by atoms with Gasteiger partial charge in [0.1, 0.15) is 6.04 Å². The highest BCUT2D eigenvalue weighted by Crippen LogP contribution is 2.12. The maximum absolute atomic E-state index is 12.7. The summed E-state index contributed by atoms with van der Waals surface area (Å²) in [5.74, 6) is -0.230. The molecule has 162 valence electrons. The molecule has 0 bridgehead atoms. The number of nitrogens with one attached hydrogen (secondary N) is 4. The molecule has 0 saturated heterocycles. The second kappa shape index (κ2) is 11.6. The molecular formula is C19H37N5O4. The monoisotopic (exact) mass is 399 g/mol. The van der Waals surface area contributed by atoms with Gasteiger partial charge in [0, 0.05) is 14.1 Å². The Morgan fingerprint density at radius 2 is 1.50 bits per heavy atom. The normalized spacial score (nSPS) is 15.4. The fraction of sp³-hybridized carbons (Fsp3) is 0.789. The quantitative estimate of drug-likeness (QED) is 0.297. The van der Waals surface area contributed by atoms with Crippen molar-refractivity contribution in [1.29, 1.82) is 0 Å². The predicted molar refractivity (Wildman–Crippen MR) is 109 cm³/mol. The lowest BCUT2D eigenvalue weighted by Gasteiger charge is -2.33. The first-order chi connectivity index (χ1) is 12.9. The Morgan fingerprint density at radius 1 is 0.964 bits per heavy atom. The Kier molecular flexibility index (Phi) is 10.7. The number of rotatable bonds is 11. The minimum absolute atomic E-state index is 0.183. The van der Waals surface area contributed by atoms with Gasteiger partial charge in [0.25, 0.3) is 0 Å². The Bertz CT molecular complexity index is 552. The van der Waals surface area contributed by atoms with Crippen molar-refractivity contribution >= 4 is 24.1 Å². The third-order valence-electron chi connectivity index (χ3n) is 4.39. The van der Waals surface area contributed by atoms with E-state index in [0.29, 0.717) is 19.1 Å². The van der Waals surface area contributed by atoms with Crippen LogP contribution in [0.4, 0.5) is 4.79 Å². The van der Waals surface area contributed by atoms with Crippen LogP contribution in [0.1, 0.15) is 47.5 Å². The number of carbonyl (C=O) groups excluding carboxylic acids is 4. The summed E-state index contributed by atoms with van der Waals surface area (Å²) >= 11 is 0. The second-order valence-electron chi connectivity index (χ2n) is 8.08. The Morgan fingerprint density at radius 3 is 1.89 bits per heavy atom. The molecule has 0 heterocycles. The molecule has 0 aliphatic carbocycles. The third-order valence-corrected chi connectivity index (χ3v) is 4.39. The van der Waals surface area contributed by atoms with E-state index in [2.05, 4.69) is 21.3 Å². The average Bonchev–Trinajstić information content (AvgIpc) is 2.62. The Hall–Kier alpha value is -2.16. The molecular weight excluding hydrogens is 362 g/mol. The van der Waals surface area contributed by atoms with E-state index in [9.17, 15) is 19.2 Å². The summed E-state index contributed by atoms with van der Waals surface area (Å²) < 4.78 is 0. The molecule has 3 atom stereocenters. The first kappa shape index (κ1) is 25.8. The molecule has 0 spiro atoms. The standard InChI is InChI=1S/C19H37N5O4/c1-12(2)9-14(20-6)16(26)22-19(5,11-25)23-18(28)24(8)15(10-13(3)4)17(27)21-7/h11-15,20H,9-10H2,1-8H3,(H,21,27)(H,22,26)(H,23,28). The minimum Gasteiger partial charge on any atom is -0.357 e. The number of urea groups is 1. The maximum atomic E-state index is 12.7. The van der Waals surface area contributed by atoms with E-state index in [4.69, 9.17) is 0 Å². The van der Waals surface area contributed by atoms with Crippen molar-refractivity contribution in [3.63, 3.8) is 0 Å². The van der Waals surface area contributed by atoms with E-state index in [1.807, 2.05) is 27.7 Å². The first-order valence-corrected chi connectivity index (χ1v) is 9.62. The topological polar surface area (TPSA) is 120 Å². The lowest BCUT2D eigenvalue weighted by molar-refractivity contribution is -0.129. The summed E-state index contributed by atoms with van der Waals surface area (Å²) in [6.45, 7) is 9.28. The number of hydrogen-bond donors (Lipinski definition) is 4. The van der Waals surface area contributed by atoms with Crippen molar-refractivity contribution in [3.8, 4) is 0 Å². The predicted octanol–water partition coefficient (Wildman–Crippen LogP) is 0.454. The van der Waals surface area contributed by atoms with Gasteiger partial charge in [0.05, 0.1) is 6.04 Å². The summed E-state index contributed by atoms with van der Waals surface area (Å²) in [5.41, 5.74) is -1.60. The van der Waals surface area contributed by atoms with E-state index in [0.717, 1.165) is 0 Å². The SMILES string of the molecule is CNC(=O)C(CC(C)C)N(C)C(=O)NC(C)(C=O)NC(=O)C(CC(C)C)NC. The molecule has 0 aromatic rings. The first-order valence-electron chi connectivity index (χ1n) is 9.62. The summed E-state index contributed by atoms with van der Waals surface area (Å²) in [5, 5.41) is 10.6. The van der Waals surface area contributed by atoms with Gasteiger partial charge in [-0.2, -0.15) is 0 Å². The third kappa shape index (κ3) is 8.24. The van der Waals surface area contributed by atoms with Crippen LogP contribution in [0.5, 0.6) is 0 Å². The Labute approximate surface area is 168 Å². The molecule has 0 saturated carbocycles. The molecule has 0 aromatic heterocycles. The van der Waals surface area contributed by atoms with Gasteiger partial charge >= 0.3 is 6.03 Å². The van der Waals surface area contributed by atoms with Crippen LogP contribution in [0.15, 0.2) is 0 Å². The van der Waals surface area contributed by atoms with Gasteiger partial charge in [-0.1, -0.05) is 27.7 Å². The molecule has 0 rings (SSSR count). The van der Waals surface area contributed by atoms with Crippen LogP contribution >= 0.6 is 0 Å². The van der Waals surface area contributed by atoms with Crippen LogP contribution in [0, 0.1) is 11.8 Å².